The molecule has 0 aromatic carbocycles. The molecule has 0 saturated heterocycles. The molecule has 0 atom stereocenters. The highest BCUT2D eigenvalue weighted by Crippen LogP contribution is 2.15. The van der Waals surface area contributed by atoms with Gasteiger partial charge in [0.05, 0.1) is 476 Å². The predicted octanol–water partition coefficient (Wildman–Crippen LogP) is 8.50. The van der Waals surface area contributed by atoms with Crippen molar-refractivity contribution in [2.24, 2.45) is 0 Å². The maximum absolute atomic E-state index is 12.1. The van der Waals surface area contributed by atoms with Crippen LogP contribution >= 0.6 is 0 Å². The summed E-state index contributed by atoms with van der Waals surface area (Å²) in [4.78, 5) is 23.0. The molecule has 0 aromatic rings. The van der Waals surface area contributed by atoms with Crippen LogP contribution in [0.3, 0.4) is 0 Å². The molecule has 137 heavy (non-hydrogen) atoms. The fraction of sp³-hybridized carbons (Fsp3) is 0.980. The summed E-state index contributed by atoms with van der Waals surface area (Å²) in [5.74, 6) is 0.231. The van der Waals surface area contributed by atoms with Gasteiger partial charge in [0.15, 0.2) is 0 Å². The topological polar surface area (TPSA) is 378 Å². The molecule has 0 fully saturated rings. The van der Waals surface area contributed by atoms with Crippen LogP contribution in [-0.2, 0) is 180 Å². The molecular formula is C98H195NO38. The van der Waals surface area contributed by atoms with Gasteiger partial charge in [0.1, 0.15) is 5.78 Å². The number of ketones is 1. The molecule has 0 aromatic heterocycles. The lowest BCUT2D eigenvalue weighted by Crippen LogP contribution is -2.27. The number of rotatable bonds is 131. The van der Waals surface area contributed by atoms with Gasteiger partial charge in [-0.1, -0.05) is 122 Å². The van der Waals surface area contributed by atoms with Gasteiger partial charge >= 0.3 is 0 Å². The van der Waals surface area contributed by atoms with E-state index in [1.807, 2.05) is 0 Å². The Hall–Kier alpha value is -2.30. The van der Waals surface area contributed by atoms with Crippen molar-refractivity contribution >= 4 is 11.7 Å². The molecule has 0 aliphatic rings. The first-order valence-corrected chi connectivity index (χ1v) is 51.7. The minimum atomic E-state index is 0.113. The molecule has 1 amide bonds. The zero-order valence-corrected chi connectivity index (χ0v) is 85.5. The molecule has 39 heteroatoms. The summed E-state index contributed by atoms with van der Waals surface area (Å²) in [5.41, 5.74) is 0. The van der Waals surface area contributed by atoms with Crippen molar-refractivity contribution in [2.45, 2.75) is 149 Å². The Bertz CT molecular complexity index is 2120. The zero-order valence-electron chi connectivity index (χ0n) is 85.5. The number of hydrogen-bond acceptors (Lipinski definition) is 38. The van der Waals surface area contributed by atoms with E-state index in [9.17, 15) is 9.59 Å². The van der Waals surface area contributed by atoms with Crippen LogP contribution in [0, 0.1) is 0 Å². The highest BCUT2D eigenvalue weighted by atomic mass is 16.6. The molecule has 0 unspecified atom stereocenters. The number of amides is 1. The third-order valence-electron chi connectivity index (χ3n) is 19.2. The van der Waals surface area contributed by atoms with E-state index in [4.69, 9.17) is 171 Å². The summed E-state index contributed by atoms with van der Waals surface area (Å²) < 4.78 is 199. The van der Waals surface area contributed by atoms with E-state index in [0.29, 0.717) is 495 Å². The van der Waals surface area contributed by atoms with Gasteiger partial charge in [-0.15, -0.1) is 0 Å². The van der Waals surface area contributed by atoms with Gasteiger partial charge in [-0.3, -0.25) is 9.59 Å². The first-order valence-electron chi connectivity index (χ1n) is 51.7. The maximum Gasteiger partial charge on any atom is 0.220 e. The molecule has 39 nitrogen and oxygen atoms in total. The predicted molar refractivity (Wildman–Crippen MR) is 516 cm³/mol. The average Bonchev–Trinajstić information content (AvgIpc) is 1.04. The summed E-state index contributed by atoms with van der Waals surface area (Å²) >= 11 is 0. The van der Waals surface area contributed by atoms with Crippen LogP contribution in [0.1, 0.15) is 149 Å². The van der Waals surface area contributed by atoms with Crippen LogP contribution in [0.25, 0.3) is 0 Å². The van der Waals surface area contributed by atoms with E-state index >= 15 is 0 Å². The quantitative estimate of drug-likeness (QED) is 0.0557. The van der Waals surface area contributed by atoms with Gasteiger partial charge in [0.2, 0.25) is 5.91 Å². The van der Waals surface area contributed by atoms with E-state index < -0.39 is 0 Å². The number of carbonyl (C=O) groups excluding carboxylic acids is 2. The molecule has 820 valence electrons. The first-order chi connectivity index (χ1) is 68.2. The monoisotopic (exact) mass is 1990 g/mol. The Labute approximate surface area is 824 Å². The summed E-state index contributed by atoms with van der Waals surface area (Å²) in [6.45, 7) is 38.8. The third-order valence-corrected chi connectivity index (χ3v) is 19.2. The van der Waals surface area contributed by atoms with E-state index in [1.54, 1.807) is 6.92 Å². The van der Waals surface area contributed by atoms with E-state index in [1.165, 1.54) is 109 Å². The van der Waals surface area contributed by atoms with Gasteiger partial charge in [-0.2, -0.15) is 0 Å². The van der Waals surface area contributed by atoms with Crippen molar-refractivity contribution in [1.29, 1.82) is 0 Å². The minimum Gasteiger partial charge on any atom is -0.379 e. The Morgan fingerprint density at radius 3 is 0.350 bits per heavy atom. The second kappa shape index (κ2) is 130. The molecule has 0 rings (SSSR count). The van der Waals surface area contributed by atoms with Crippen LogP contribution in [0.4, 0.5) is 0 Å². The zero-order chi connectivity index (χ0) is 97.8. The van der Waals surface area contributed by atoms with Crippen molar-refractivity contribution in [3.8, 4) is 0 Å². The lowest BCUT2D eigenvalue weighted by Gasteiger charge is -2.09. The largest absolute Gasteiger partial charge is 0.379 e. The minimum absolute atomic E-state index is 0.113. The fourth-order valence-corrected chi connectivity index (χ4v) is 11.7. The van der Waals surface area contributed by atoms with Gasteiger partial charge < -0.3 is 176 Å². The molecule has 0 radical (unpaired) electrons. The second-order valence-electron chi connectivity index (χ2n) is 31.0. The highest BCUT2D eigenvalue weighted by Gasteiger charge is 2.08. The fourth-order valence-electron chi connectivity index (χ4n) is 11.7. The number of Topliss-reactive ketones (excluding diaryl/α,β-unsaturated/α-hetero) is 1. The van der Waals surface area contributed by atoms with Crippen molar-refractivity contribution < 1.29 is 180 Å². The van der Waals surface area contributed by atoms with E-state index in [-0.39, 0.29) is 11.7 Å². The molecular weight excluding hydrogens is 1800 g/mol. The van der Waals surface area contributed by atoms with Crippen LogP contribution < -0.4 is 5.32 Å². The summed E-state index contributed by atoms with van der Waals surface area (Å²) in [6.07, 6.45) is 26.7. The Morgan fingerprint density at radius 1 is 0.131 bits per heavy atom. The molecule has 0 bridgehead atoms. The van der Waals surface area contributed by atoms with Crippen LogP contribution in [0.2, 0.25) is 0 Å². The average molecular weight is 2000 g/mol. The van der Waals surface area contributed by atoms with Gasteiger partial charge in [0.25, 0.3) is 0 Å². The lowest BCUT2D eigenvalue weighted by atomic mass is 10.0. The van der Waals surface area contributed by atoms with Gasteiger partial charge in [0, 0.05) is 19.4 Å². The van der Waals surface area contributed by atoms with Crippen LogP contribution in [0.15, 0.2) is 0 Å². The van der Waals surface area contributed by atoms with Crippen molar-refractivity contribution in [3.05, 3.63) is 0 Å². The highest BCUT2D eigenvalue weighted by molar-refractivity contribution is 5.76. The number of nitrogens with one attached hydrogen (secondary N) is 1. The third kappa shape index (κ3) is 132. The van der Waals surface area contributed by atoms with Crippen LogP contribution in [-0.4, -0.2) is 494 Å². The Kier molecular flexibility index (Phi) is 128. The Balaban J connectivity index is 3.12. The normalized spacial score (nSPS) is 11.8. The molecule has 1 N–H and O–H groups in total. The van der Waals surface area contributed by atoms with Crippen LogP contribution in [0.5, 0.6) is 0 Å². The maximum atomic E-state index is 12.1. The van der Waals surface area contributed by atoms with Crippen molar-refractivity contribution in [2.75, 3.05) is 482 Å². The summed E-state index contributed by atoms with van der Waals surface area (Å²) in [6, 6.07) is 0. The molecule has 0 saturated carbocycles. The van der Waals surface area contributed by atoms with Gasteiger partial charge in [-0.05, 0) is 13.3 Å². The molecule has 0 aliphatic heterocycles. The number of unbranched alkanes of at least 4 members (excludes halogenated alkanes) is 18. The number of hydrogen-bond donors (Lipinski definition) is 1. The standard InChI is InChI=1S/C98H195NO38/c1-3-4-5-6-7-8-9-10-11-12-13-14-15-16-17-18-19-20-21-22-98(101)99-24-26-103-28-30-105-32-34-107-36-38-109-40-42-111-44-46-113-48-50-115-52-54-117-56-58-119-60-62-121-64-66-123-68-70-125-72-74-127-76-78-129-80-82-131-84-86-133-88-90-135-92-94-137-96-95-136-93-91-134-89-87-132-85-83-130-81-79-128-77-75-126-73-71-124-69-67-122-65-63-120-61-59-118-57-55-116-53-51-114-49-47-112-45-43-110-41-39-108-37-35-106-33-31-104-29-27-102-25-23-97(2)100/h3-96H2,1-2H3,(H,99,101). The summed E-state index contributed by atoms with van der Waals surface area (Å²) in [7, 11) is 0. The SMILES string of the molecule is CCCCCCCCCCCCCCCCCCCCCC(=O)NCCOCCOCCOCCOCCOCCOCCOCCOCCOCCOCCOCCOCCOCCOCCOCCOCCOCCOCCOCCOCCOCCOCCOCCOCCOCCOCCOCCOCCOCCOCCOCCOCCOCCOCCOCCOCCC(C)=O. The summed E-state index contributed by atoms with van der Waals surface area (Å²) in [5, 5.41) is 2.96. The Morgan fingerprint density at radius 2 is 0.234 bits per heavy atom. The number of carbonyl (C=O) groups is 2. The lowest BCUT2D eigenvalue weighted by molar-refractivity contribution is -0.121. The van der Waals surface area contributed by atoms with Crippen molar-refractivity contribution in [3.63, 3.8) is 0 Å². The second-order valence-corrected chi connectivity index (χ2v) is 31.0. The smallest absolute Gasteiger partial charge is 0.220 e. The van der Waals surface area contributed by atoms with E-state index in [0.717, 1.165) is 12.8 Å². The number of ether oxygens (including phenoxy) is 36. The molecule has 0 aliphatic carbocycles. The van der Waals surface area contributed by atoms with Gasteiger partial charge in [-0.25, -0.2) is 0 Å². The van der Waals surface area contributed by atoms with E-state index in [2.05, 4.69) is 12.2 Å². The first kappa shape index (κ1) is 135. The molecule has 0 heterocycles. The molecule has 0 spiro atoms. The van der Waals surface area contributed by atoms with Crippen molar-refractivity contribution in [1.82, 2.24) is 5.32 Å².